The van der Waals surface area contributed by atoms with Crippen molar-refractivity contribution in [3.05, 3.63) is 35.4 Å². The van der Waals surface area contributed by atoms with Gasteiger partial charge in [-0.15, -0.1) is 0 Å². The summed E-state index contributed by atoms with van der Waals surface area (Å²) in [6.07, 6.45) is -3.27. The zero-order chi connectivity index (χ0) is 14.9. The third-order valence-electron chi connectivity index (χ3n) is 3.02. The van der Waals surface area contributed by atoms with Crippen molar-refractivity contribution in [2.75, 3.05) is 13.1 Å². The molecule has 0 N–H and O–H groups in total. The Bertz CT molecular complexity index is 510. The first-order chi connectivity index (χ1) is 9.26. The lowest BCUT2D eigenvalue weighted by Crippen LogP contribution is -2.39. The molecule has 1 aromatic carbocycles. The maximum atomic E-state index is 13.4. The van der Waals surface area contributed by atoms with E-state index >= 15 is 0 Å². The number of halogens is 5. The summed E-state index contributed by atoms with van der Waals surface area (Å²) in [6, 6.07) is 2.03. The molecule has 7 heteroatoms. The Morgan fingerprint density at radius 2 is 1.90 bits per heavy atom. The quantitative estimate of drug-likeness (QED) is 0.614. The van der Waals surface area contributed by atoms with E-state index in [1.165, 1.54) is 0 Å². The second-order valence-corrected chi connectivity index (χ2v) is 4.80. The van der Waals surface area contributed by atoms with Gasteiger partial charge in [-0.05, 0) is 31.0 Å². The van der Waals surface area contributed by atoms with Crippen LogP contribution in [0.3, 0.4) is 0 Å². The molecular weight excluding hydrogens is 281 g/mol. The normalized spacial score (nSPS) is 15.7. The van der Waals surface area contributed by atoms with Gasteiger partial charge in [0.2, 0.25) is 0 Å². The molecule has 2 rings (SSSR count). The van der Waals surface area contributed by atoms with Crippen LogP contribution in [0.4, 0.5) is 22.0 Å². The van der Waals surface area contributed by atoms with E-state index in [0.29, 0.717) is 18.9 Å². The van der Waals surface area contributed by atoms with Gasteiger partial charge in [-0.1, -0.05) is 0 Å². The summed E-state index contributed by atoms with van der Waals surface area (Å²) in [6.45, 7) is -1.79. The molecule has 0 spiro atoms. The van der Waals surface area contributed by atoms with Gasteiger partial charge in [0.05, 0.1) is 18.7 Å². The topological polar surface area (TPSA) is 20.3 Å². The first-order valence-corrected chi connectivity index (χ1v) is 6.05. The zero-order valence-electron chi connectivity index (χ0n) is 10.4. The van der Waals surface area contributed by atoms with Gasteiger partial charge in [0.15, 0.2) is 5.78 Å². The van der Waals surface area contributed by atoms with Crippen LogP contribution in [-0.4, -0.2) is 36.0 Å². The molecule has 0 radical (unpaired) electrons. The number of benzene rings is 1. The fourth-order valence-electron chi connectivity index (χ4n) is 1.96. The van der Waals surface area contributed by atoms with Crippen molar-refractivity contribution in [1.82, 2.24) is 4.90 Å². The van der Waals surface area contributed by atoms with Crippen molar-refractivity contribution < 1.29 is 26.7 Å². The molecule has 0 saturated heterocycles. The third kappa shape index (κ3) is 4.00. The van der Waals surface area contributed by atoms with Crippen molar-refractivity contribution in [3.8, 4) is 0 Å². The fraction of sp³-hybridized carbons (Fsp3) is 0.462. The molecule has 0 unspecified atom stereocenters. The second-order valence-electron chi connectivity index (χ2n) is 4.80. The van der Waals surface area contributed by atoms with E-state index in [9.17, 15) is 26.7 Å². The molecule has 1 saturated carbocycles. The molecule has 0 bridgehead atoms. The van der Waals surface area contributed by atoms with Gasteiger partial charge >= 0.3 is 6.18 Å². The van der Waals surface area contributed by atoms with Crippen molar-refractivity contribution in [2.45, 2.75) is 25.1 Å². The van der Waals surface area contributed by atoms with Crippen LogP contribution in [0.1, 0.15) is 23.2 Å². The molecular formula is C13H12F5NO. The summed E-state index contributed by atoms with van der Waals surface area (Å²) in [7, 11) is 0. The minimum absolute atomic E-state index is 0.308. The van der Waals surface area contributed by atoms with Gasteiger partial charge in [-0.3, -0.25) is 9.69 Å². The van der Waals surface area contributed by atoms with E-state index in [1.54, 1.807) is 0 Å². The highest BCUT2D eigenvalue weighted by molar-refractivity contribution is 5.97. The molecule has 0 heterocycles. The van der Waals surface area contributed by atoms with Crippen LogP contribution in [0.25, 0.3) is 0 Å². The highest BCUT2D eigenvalue weighted by atomic mass is 19.4. The van der Waals surface area contributed by atoms with E-state index < -0.39 is 42.2 Å². The highest BCUT2D eigenvalue weighted by Crippen LogP contribution is 2.30. The van der Waals surface area contributed by atoms with Gasteiger partial charge < -0.3 is 0 Å². The van der Waals surface area contributed by atoms with Crippen LogP contribution < -0.4 is 0 Å². The van der Waals surface area contributed by atoms with Crippen molar-refractivity contribution in [2.24, 2.45) is 0 Å². The SMILES string of the molecule is O=C(CN(CC(F)(F)F)C1CC1)c1cc(F)ccc1F. The van der Waals surface area contributed by atoms with Gasteiger partial charge in [0, 0.05) is 6.04 Å². The molecule has 0 amide bonds. The van der Waals surface area contributed by atoms with Crippen LogP contribution in [0.2, 0.25) is 0 Å². The van der Waals surface area contributed by atoms with Crippen LogP contribution in [0, 0.1) is 11.6 Å². The van der Waals surface area contributed by atoms with Gasteiger partial charge in [0.25, 0.3) is 0 Å². The Labute approximate surface area is 112 Å². The van der Waals surface area contributed by atoms with Crippen LogP contribution in [-0.2, 0) is 0 Å². The van der Waals surface area contributed by atoms with Crippen LogP contribution >= 0.6 is 0 Å². The lowest BCUT2D eigenvalue weighted by atomic mass is 10.1. The predicted octanol–water partition coefficient (Wildman–Crippen LogP) is 3.17. The maximum Gasteiger partial charge on any atom is 0.401 e. The lowest BCUT2D eigenvalue weighted by Gasteiger charge is -2.22. The summed E-state index contributed by atoms with van der Waals surface area (Å²) < 4.78 is 63.6. The number of rotatable bonds is 5. The number of ketones is 1. The molecule has 1 aliphatic carbocycles. The molecule has 20 heavy (non-hydrogen) atoms. The minimum Gasteiger partial charge on any atom is -0.293 e. The monoisotopic (exact) mass is 293 g/mol. The van der Waals surface area contributed by atoms with E-state index in [0.717, 1.165) is 17.0 Å². The number of carbonyl (C=O) groups excluding carboxylic acids is 1. The van der Waals surface area contributed by atoms with Crippen molar-refractivity contribution in [3.63, 3.8) is 0 Å². The molecule has 2 nitrogen and oxygen atoms in total. The number of carbonyl (C=O) groups is 1. The summed E-state index contributed by atoms with van der Waals surface area (Å²) in [5, 5.41) is 0. The largest absolute Gasteiger partial charge is 0.401 e. The standard InChI is InChI=1S/C13H12F5NO/c14-8-1-4-11(15)10(5-8)12(20)6-19(9-2-3-9)7-13(16,17)18/h1,4-5,9H,2-3,6-7H2. The summed E-state index contributed by atoms with van der Waals surface area (Å²) >= 11 is 0. The number of Topliss-reactive ketones (excluding diaryl/α,β-unsaturated/α-hetero) is 1. The van der Waals surface area contributed by atoms with E-state index in [1.807, 2.05) is 0 Å². The average Bonchev–Trinajstić information content (AvgIpc) is 3.13. The molecule has 1 aliphatic rings. The summed E-state index contributed by atoms with van der Waals surface area (Å²) in [4.78, 5) is 12.8. The Kier molecular flexibility index (Phi) is 4.08. The van der Waals surface area contributed by atoms with Crippen molar-refractivity contribution >= 4 is 5.78 Å². The van der Waals surface area contributed by atoms with Crippen LogP contribution in [0.15, 0.2) is 18.2 Å². The van der Waals surface area contributed by atoms with E-state index in [2.05, 4.69) is 0 Å². The fourth-order valence-corrected chi connectivity index (χ4v) is 1.96. The highest BCUT2D eigenvalue weighted by Gasteiger charge is 2.39. The first-order valence-electron chi connectivity index (χ1n) is 6.05. The molecule has 110 valence electrons. The molecule has 0 aromatic heterocycles. The number of alkyl halides is 3. The predicted molar refractivity (Wildman–Crippen MR) is 61.3 cm³/mol. The zero-order valence-corrected chi connectivity index (χ0v) is 10.4. The summed E-state index contributed by atoms with van der Waals surface area (Å²) in [5.74, 6) is -2.58. The smallest absolute Gasteiger partial charge is 0.293 e. The number of hydrogen-bond donors (Lipinski definition) is 0. The second kappa shape index (κ2) is 5.47. The lowest BCUT2D eigenvalue weighted by molar-refractivity contribution is -0.145. The van der Waals surface area contributed by atoms with Gasteiger partial charge in [0.1, 0.15) is 11.6 Å². The van der Waals surface area contributed by atoms with Gasteiger partial charge in [-0.25, -0.2) is 8.78 Å². The Hall–Kier alpha value is -1.50. The van der Waals surface area contributed by atoms with Crippen LogP contribution in [0.5, 0.6) is 0 Å². The van der Waals surface area contributed by atoms with Gasteiger partial charge in [-0.2, -0.15) is 13.2 Å². The molecule has 0 atom stereocenters. The van der Waals surface area contributed by atoms with E-state index in [4.69, 9.17) is 0 Å². The Morgan fingerprint density at radius 1 is 1.25 bits per heavy atom. The molecule has 0 aliphatic heterocycles. The maximum absolute atomic E-state index is 13.4. The number of nitrogens with zero attached hydrogens (tertiary/aromatic N) is 1. The van der Waals surface area contributed by atoms with Crippen molar-refractivity contribution in [1.29, 1.82) is 0 Å². The minimum atomic E-state index is -4.43. The number of hydrogen-bond acceptors (Lipinski definition) is 2. The Balaban J connectivity index is 2.10. The Morgan fingerprint density at radius 3 is 2.45 bits per heavy atom. The third-order valence-corrected chi connectivity index (χ3v) is 3.02. The molecule has 1 fully saturated rings. The molecule has 1 aromatic rings. The average molecular weight is 293 g/mol. The van der Waals surface area contributed by atoms with E-state index in [-0.39, 0.29) is 6.04 Å². The first kappa shape index (κ1) is 14.9. The summed E-state index contributed by atoms with van der Waals surface area (Å²) in [5.41, 5.74) is -0.516.